The normalized spacial score (nSPS) is 26.4. The Morgan fingerprint density at radius 3 is 2.31 bits per heavy atom. The number of esters is 1. The lowest BCUT2D eigenvalue weighted by Gasteiger charge is -2.19. The van der Waals surface area contributed by atoms with Gasteiger partial charge < -0.3 is 39.3 Å². The van der Waals surface area contributed by atoms with Gasteiger partial charge in [-0.3, -0.25) is 18.9 Å². The molecule has 2 rings (SSSR count). The summed E-state index contributed by atoms with van der Waals surface area (Å²) in [4.78, 5) is 72.8. The lowest BCUT2D eigenvalue weighted by molar-refractivity contribution is -0.134. The average Bonchev–Trinajstić information content (AvgIpc) is 2.97. The van der Waals surface area contributed by atoms with E-state index in [1.807, 2.05) is 4.98 Å². The third-order valence-electron chi connectivity index (χ3n) is 4.02. The molecule has 35 heavy (non-hydrogen) atoms. The van der Waals surface area contributed by atoms with Gasteiger partial charge in [-0.05, 0) is 6.08 Å². The minimum absolute atomic E-state index is 0.267. The van der Waals surface area contributed by atoms with E-state index in [4.69, 9.17) is 19.4 Å². The Bertz CT molecular complexity index is 1230. The topological polar surface area (TPSA) is 291 Å². The molecule has 0 saturated carbocycles. The van der Waals surface area contributed by atoms with E-state index in [1.165, 1.54) is 0 Å². The van der Waals surface area contributed by atoms with Gasteiger partial charge in [-0.15, -0.1) is 0 Å². The number of aromatic nitrogens is 2. The summed E-state index contributed by atoms with van der Waals surface area (Å²) in [6, 6.07) is 0. The molecule has 1 saturated heterocycles. The van der Waals surface area contributed by atoms with E-state index in [2.05, 4.69) is 17.9 Å². The molecular weight excluding hydrogens is 549 g/mol. The van der Waals surface area contributed by atoms with Crippen LogP contribution in [0.25, 0.3) is 6.08 Å². The fourth-order valence-electron chi connectivity index (χ4n) is 2.60. The van der Waals surface area contributed by atoms with E-state index in [-0.39, 0.29) is 5.56 Å². The second-order valence-corrected chi connectivity index (χ2v) is 11.0. The Hall–Kier alpha value is -1.82. The van der Waals surface area contributed by atoms with Crippen LogP contribution >= 0.6 is 23.5 Å². The lowest BCUT2D eigenvalue weighted by atomic mass is 10.1. The van der Waals surface area contributed by atoms with Crippen molar-refractivity contribution in [2.75, 3.05) is 13.7 Å². The maximum Gasteiger partial charge on any atom is 0.490 e. The molecular formula is C13H19N2O17P3. The number of carbonyl (C=O) groups is 1. The summed E-state index contributed by atoms with van der Waals surface area (Å²) >= 11 is 0. The number of phosphoric acid groups is 3. The Morgan fingerprint density at radius 1 is 1.11 bits per heavy atom. The number of carbonyl (C=O) groups excluding carboxylic acids is 1. The van der Waals surface area contributed by atoms with E-state index in [0.717, 1.165) is 25.5 Å². The standard InChI is InChI=1S/C13H19N2O17P3/c1-28-8(16)3-2-6-4-15(13(20)14-11(6)19)12-10(18)9(17)7(30-12)5-29-34(24,25)32-35(26,27)31-33(21,22)23/h2-4,7,9-10,12,17-18H,5H2,1H3,(H,24,25)(H,26,27)(H,14,19,20)(H2,21,22,23)/b3-2+/t7-,9+,10?,12-/m1/s1. The van der Waals surface area contributed by atoms with Crippen molar-refractivity contribution in [3.63, 3.8) is 0 Å². The Balaban J connectivity index is 2.18. The average molecular weight is 568 g/mol. The summed E-state index contributed by atoms with van der Waals surface area (Å²) in [5, 5.41) is 20.4. The summed E-state index contributed by atoms with van der Waals surface area (Å²) in [6.07, 6.45) is -4.45. The van der Waals surface area contributed by atoms with Gasteiger partial charge in [0, 0.05) is 12.3 Å². The number of hydrogen-bond acceptors (Lipinski definition) is 13. The number of ether oxygens (including phenoxy) is 2. The number of aliphatic hydroxyl groups excluding tert-OH is 2. The highest BCUT2D eigenvalue weighted by atomic mass is 31.3. The number of methoxy groups -OCH3 is 1. The molecule has 0 spiro atoms. The Kier molecular flexibility index (Phi) is 9.30. The van der Waals surface area contributed by atoms with Gasteiger partial charge in [0.15, 0.2) is 6.23 Å². The zero-order chi connectivity index (χ0) is 26.8. The van der Waals surface area contributed by atoms with Gasteiger partial charge in [-0.2, -0.15) is 8.62 Å². The highest BCUT2D eigenvalue weighted by molar-refractivity contribution is 7.66. The third-order valence-corrected chi connectivity index (χ3v) is 7.83. The number of aliphatic hydroxyl groups is 2. The molecule has 198 valence electrons. The van der Waals surface area contributed by atoms with Gasteiger partial charge in [-0.25, -0.2) is 23.3 Å². The smallest absolute Gasteiger partial charge is 0.466 e. The summed E-state index contributed by atoms with van der Waals surface area (Å²) in [7, 11) is -15.9. The van der Waals surface area contributed by atoms with Crippen LogP contribution in [0.4, 0.5) is 0 Å². The minimum Gasteiger partial charge on any atom is -0.466 e. The SMILES string of the molecule is COC(=O)/C=C/c1cn([C@@H]2O[C@H](COP(=O)(O)OP(=O)(O)OP(=O)(O)O)[C@H](O)C2O)c(=O)[nH]c1=O. The molecule has 1 aliphatic rings. The van der Waals surface area contributed by atoms with Crippen LogP contribution in [-0.4, -0.2) is 77.3 Å². The van der Waals surface area contributed by atoms with Crippen molar-refractivity contribution < 1.29 is 70.9 Å². The summed E-state index contributed by atoms with van der Waals surface area (Å²) in [6.45, 7) is -1.12. The van der Waals surface area contributed by atoms with Crippen molar-refractivity contribution in [2.45, 2.75) is 24.5 Å². The first kappa shape index (κ1) is 29.4. The minimum atomic E-state index is -5.79. The van der Waals surface area contributed by atoms with Crippen LogP contribution in [0.15, 0.2) is 21.9 Å². The second-order valence-electron chi connectivity index (χ2n) is 6.54. The molecule has 6 atom stereocenters. The molecule has 2 heterocycles. The van der Waals surface area contributed by atoms with E-state index < -0.39 is 71.8 Å². The van der Waals surface area contributed by atoms with Crippen LogP contribution in [0.3, 0.4) is 0 Å². The van der Waals surface area contributed by atoms with Crippen molar-refractivity contribution >= 4 is 35.5 Å². The first-order valence-electron chi connectivity index (χ1n) is 8.86. The van der Waals surface area contributed by atoms with Gasteiger partial charge in [0.2, 0.25) is 0 Å². The number of nitrogens with zero attached hydrogens (tertiary/aromatic N) is 1. The summed E-state index contributed by atoms with van der Waals surface area (Å²) < 4.78 is 55.4. The van der Waals surface area contributed by atoms with Crippen LogP contribution in [0.5, 0.6) is 0 Å². The molecule has 1 aliphatic heterocycles. The first-order chi connectivity index (χ1) is 15.9. The van der Waals surface area contributed by atoms with Gasteiger partial charge in [0.05, 0.1) is 19.3 Å². The number of H-pyrrole nitrogens is 1. The molecule has 0 aromatic carbocycles. The molecule has 1 fully saturated rings. The zero-order valence-electron chi connectivity index (χ0n) is 17.2. The van der Waals surface area contributed by atoms with Crippen LogP contribution < -0.4 is 11.2 Å². The van der Waals surface area contributed by atoms with Gasteiger partial charge >= 0.3 is 35.1 Å². The van der Waals surface area contributed by atoms with Gasteiger partial charge in [0.25, 0.3) is 5.56 Å². The van der Waals surface area contributed by atoms with Crippen molar-refractivity contribution in [1.29, 1.82) is 0 Å². The fourth-order valence-corrected chi connectivity index (χ4v) is 5.63. The molecule has 0 aliphatic carbocycles. The molecule has 7 N–H and O–H groups in total. The van der Waals surface area contributed by atoms with Crippen molar-refractivity contribution in [3.8, 4) is 0 Å². The van der Waals surface area contributed by atoms with Crippen LogP contribution in [0, 0.1) is 0 Å². The van der Waals surface area contributed by atoms with Gasteiger partial charge in [-0.1, -0.05) is 0 Å². The largest absolute Gasteiger partial charge is 0.490 e. The number of phosphoric ester groups is 1. The van der Waals surface area contributed by atoms with Crippen LogP contribution in [0.2, 0.25) is 0 Å². The molecule has 1 aromatic heterocycles. The maximum absolute atomic E-state index is 12.2. The molecule has 3 unspecified atom stereocenters. The molecule has 0 radical (unpaired) electrons. The van der Waals surface area contributed by atoms with E-state index in [0.29, 0.717) is 4.57 Å². The third kappa shape index (κ3) is 8.37. The van der Waals surface area contributed by atoms with Crippen molar-refractivity contribution in [3.05, 3.63) is 38.7 Å². The van der Waals surface area contributed by atoms with Crippen LogP contribution in [0.1, 0.15) is 11.8 Å². The molecule has 19 nitrogen and oxygen atoms in total. The van der Waals surface area contributed by atoms with Crippen LogP contribution in [-0.2, 0) is 41.1 Å². The maximum atomic E-state index is 12.2. The number of rotatable bonds is 10. The Morgan fingerprint density at radius 2 is 1.74 bits per heavy atom. The second kappa shape index (κ2) is 11.1. The van der Waals surface area contributed by atoms with Gasteiger partial charge in [0.1, 0.15) is 18.3 Å². The number of nitrogens with one attached hydrogen (secondary N) is 1. The molecule has 0 bridgehead atoms. The fraction of sp³-hybridized carbons (Fsp3) is 0.462. The first-order valence-corrected chi connectivity index (χ1v) is 13.4. The molecule has 22 heteroatoms. The summed E-state index contributed by atoms with van der Waals surface area (Å²) in [5.41, 5.74) is -2.31. The number of hydrogen-bond donors (Lipinski definition) is 7. The summed E-state index contributed by atoms with van der Waals surface area (Å²) in [5.74, 6) is -0.832. The highest BCUT2D eigenvalue weighted by Gasteiger charge is 2.46. The van der Waals surface area contributed by atoms with Crippen molar-refractivity contribution in [1.82, 2.24) is 9.55 Å². The zero-order valence-corrected chi connectivity index (χ0v) is 19.9. The van der Waals surface area contributed by atoms with E-state index >= 15 is 0 Å². The Labute approximate surface area is 193 Å². The predicted octanol–water partition coefficient (Wildman–Crippen LogP) is -2.31. The highest BCUT2D eigenvalue weighted by Crippen LogP contribution is 2.66. The lowest BCUT2D eigenvalue weighted by Crippen LogP contribution is -2.38. The molecule has 0 amide bonds. The van der Waals surface area contributed by atoms with E-state index in [9.17, 15) is 43.2 Å². The van der Waals surface area contributed by atoms with E-state index in [1.54, 1.807) is 0 Å². The van der Waals surface area contributed by atoms with Crippen molar-refractivity contribution in [2.24, 2.45) is 0 Å². The molecule has 1 aromatic rings. The predicted molar refractivity (Wildman–Crippen MR) is 108 cm³/mol. The quantitative estimate of drug-likeness (QED) is 0.0885. The number of aromatic amines is 1. The monoisotopic (exact) mass is 568 g/mol.